The minimum atomic E-state index is -0.559. The maximum atomic E-state index is 12.5. The summed E-state index contributed by atoms with van der Waals surface area (Å²) in [6.45, 7) is 1.91. The molecule has 1 heterocycles. The second kappa shape index (κ2) is 9.12. The van der Waals surface area contributed by atoms with Crippen LogP contribution in [0.4, 0.5) is 0 Å². The minimum Gasteiger partial charge on any atom is -0.493 e. The molecule has 3 rings (SSSR count). The van der Waals surface area contributed by atoms with Crippen molar-refractivity contribution in [3.63, 3.8) is 0 Å². The molecule has 0 saturated carbocycles. The van der Waals surface area contributed by atoms with Crippen LogP contribution in [0, 0.1) is 11.3 Å². The Labute approximate surface area is 183 Å². The van der Waals surface area contributed by atoms with Gasteiger partial charge < -0.3 is 19.2 Å². The number of hydrogen-bond acceptors (Lipinski definition) is 5. The molecule has 30 heavy (non-hydrogen) atoms. The normalized spacial score (nSPS) is 11.3. The number of fused-ring (bicyclic) bond motifs is 1. The van der Waals surface area contributed by atoms with Gasteiger partial charge in [-0.05, 0) is 48.9 Å². The zero-order valence-electron chi connectivity index (χ0n) is 16.5. The molecule has 0 aliphatic rings. The monoisotopic (exact) mass is 444 g/mol. The van der Waals surface area contributed by atoms with Gasteiger partial charge in [0.1, 0.15) is 5.69 Å². The van der Waals surface area contributed by atoms with Crippen molar-refractivity contribution in [1.82, 2.24) is 4.98 Å². The van der Waals surface area contributed by atoms with E-state index in [1.165, 1.54) is 14.2 Å². The Morgan fingerprint density at radius 3 is 2.53 bits per heavy atom. The van der Waals surface area contributed by atoms with E-state index in [0.29, 0.717) is 49.1 Å². The summed E-state index contributed by atoms with van der Waals surface area (Å²) in [5.41, 5.74) is 2.07. The van der Waals surface area contributed by atoms with Gasteiger partial charge in [-0.2, -0.15) is 5.26 Å². The molecular weight excluding hydrogens is 427 g/mol. The van der Waals surface area contributed by atoms with Gasteiger partial charge in [0.2, 0.25) is 0 Å². The van der Waals surface area contributed by atoms with Crippen molar-refractivity contribution in [2.24, 2.45) is 0 Å². The number of carbonyl (C=O) groups excluding carboxylic acids is 1. The lowest BCUT2D eigenvalue weighted by molar-refractivity contribution is 0.0520. The van der Waals surface area contributed by atoms with E-state index in [-0.39, 0.29) is 12.3 Å². The second-order valence-electron chi connectivity index (χ2n) is 6.18. The third-order valence-electron chi connectivity index (χ3n) is 4.44. The Bertz CT molecular complexity index is 1190. The number of nitriles is 1. The van der Waals surface area contributed by atoms with Crippen LogP contribution in [0.3, 0.4) is 0 Å². The SMILES string of the molecule is CCOC(=O)c1[nH]c2cc(Cl)cc(Cl)c2c1/C=C(\C#N)c1ccc(OC)c(OC)c1. The lowest BCUT2D eigenvalue weighted by atomic mass is 10.0. The van der Waals surface area contributed by atoms with E-state index in [2.05, 4.69) is 11.1 Å². The Morgan fingerprint density at radius 1 is 1.17 bits per heavy atom. The topological polar surface area (TPSA) is 84.3 Å². The highest BCUT2D eigenvalue weighted by Gasteiger charge is 2.21. The van der Waals surface area contributed by atoms with Crippen LogP contribution in [0.15, 0.2) is 30.3 Å². The van der Waals surface area contributed by atoms with Crippen LogP contribution in [0.2, 0.25) is 10.0 Å². The Balaban J connectivity index is 2.26. The number of carbonyl (C=O) groups is 1. The van der Waals surface area contributed by atoms with E-state index < -0.39 is 5.97 Å². The fourth-order valence-corrected chi connectivity index (χ4v) is 3.70. The number of halogens is 2. The summed E-state index contributed by atoms with van der Waals surface area (Å²) in [6.07, 6.45) is 1.59. The third kappa shape index (κ3) is 4.09. The van der Waals surface area contributed by atoms with Crippen LogP contribution in [0.5, 0.6) is 11.5 Å². The van der Waals surface area contributed by atoms with Gasteiger partial charge in [-0.3, -0.25) is 0 Å². The van der Waals surface area contributed by atoms with Crippen molar-refractivity contribution in [1.29, 1.82) is 5.26 Å². The number of methoxy groups -OCH3 is 2. The molecule has 0 aliphatic heterocycles. The van der Waals surface area contributed by atoms with Gasteiger partial charge in [0.05, 0.1) is 37.5 Å². The molecule has 3 aromatic rings. The van der Waals surface area contributed by atoms with Crippen molar-refractivity contribution in [3.8, 4) is 17.6 Å². The number of nitrogens with one attached hydrogen (secondary N) is 1. The van der Waals surface area contributed by atoms with Crippen LogP contribution >= 0.6 is 23.2 Å². The molecule has 1 aromatic heterocycles. The van der Waals surface area contributed by atoms with E-state index in [1.807, 2.05) is 0 Å². The van der Waals surface area contributed by atoms with Gasteiger partial charge in [-0.15, -0.1) is 0 Å². The second-order valence-corrected chi connectivity index (χ2v) is 7.03. The maximum Gasteiger partial charge on any atom is 0.355 e. The van der Waals surface area contributed by atoms with Gasteiger partial charge >= 0.3 is 5.97 Å². The average molecular weight is 445 g/mol. The van der Waals surface area contributed by atoms with Crippen molar-refractivity contribution in [3.05, 3.63) is 57.2 Å². The predicted octanol–water partition coefficient (Wildman–Crippen LogP) is 5.73. The number of aromatic nitrogens is 1. The number of rotatable bonds is 6. The summed E-state index contributed by atoms with van der Waals surface area (Å²) < 4.78 is 15.7. The molecule has 0 saturated heterocycles. The first-order chi connectivity index (χ1) is 14.4. The van der Waals surface area contributed by atoms with Gasteiger partial charge in [0.25, 0.3) is 0 Å². The van der Waals surface area contributed by atoms with Crippen LogP contribution in [0.25, 0.3) is 22.6 Å². The van der Waals surface area contributed by atoms with E-state index in [0.717, 1.165) is 0 Å². The van der Waals surface area contributed by atoms with E-state index >= 15 is 0 Å². The molecular formula is C22H18Cl2N2O4. The van der Waals surface area contributed by atoms with E-state index in [9.17, 15) is 10.1 Å². The van der Waals surface area contributed by atoms with E-state index in [4.69, 9.17) is 37.4 Å². The molecule has 8 heteroatoms. The molecule has 154 valence electrons. The molecule has 0 amide bonds. The largest absolute Gasteiger partial charge is 0.493 e. The number of aromatic amines is 1. The molecule has 0 fully saturated rings. The molecule has 1 N–H and O–H groups in total. The van der Waals surface area contributed by atoms with Crippen LogP contribution in [-0.4, -0.2) is 31.8 Å². The number of benzene rings is 2. The van der Waals surface area contributed by atoms with Gasteiger partial charge in [0.15, 0.2) is 11.5 Å². The van der Waals surface area contributed by atoms with Crippen LogP contribution in [-0.2, 0) is 4.74 Å². The van der Waals surface area contributed by atoms with Crippen LogP contribution in [0.1, 0.15) is 28.5 Å². The first kappa shape index (κ1) is 21.6. The Morgan fingerprint density at radius 2 is 1.90 bits per heavy atom. The zero-order chi connectivity index (χ0) is 21.8. The van der Waals surface area contributed by atoms with Crippen molar-refractivity contribution in [2.45, 2.75) is 6.92 Å². The lowest BCUT2D eigenvalue weighted by Gasteiger charge is -2.09. The molecule has 0 atom stereocenters. The Kier molecular flexibility index (Phi) is 6.56. The zero-order valence-corrected chi connectivity index (χ0v) is 18.0. The molecule has 0 bridgehead atoms. The third-order valence-corrected chi connectivity index (χ3v) is 4.95. The highest BCUT2D eigenvalue weighted by molar-refractivity contribution is 6.39. The summed E-state index contributed by atoms with van der Waals surface area (Å²) >= 11 is 12.5. The first-order valence-electron chi connectivity index (χ1n) is 8.95. The maximum absolute atomic E-state index is 12.5. The number of hydrogen-bond donors (Lipinski definition) is 1. The molecule has 0 aliphatic carbocycles. The lowest BCUT2D eigenvalue weighted by Crippen LogP contribution is -2.06. The van der Waals surface area contributed by atoms with Crippen LogP contribution < -0.4 is 9.47 Å². The van der Waals surface area contributed by atoms with Crippen molar-refractivity contribution in [2.75, 3.05) is 20.8 Å². The first-order valence-corrected chi connectivity index (χ1v) is 9.71. The quantitative estimate of drug-likeness (QED) is 0.387. The predicted molar refractivity (Wildman–Crippen MR) is 117 cm³/mol. The minimum absolute atomic E-state index is 0.184. The van der Waals surface area contributed by atoms with Crippen molar-refractivity contribution >= 4 is 51.7 Å². The fourth-order valence-electron chi connectivity index (χ4n) is 3.11. The summed E-state index contributed by atoms with van der Waals surface area (Å²) in [5, 5.41) is 11.1. The fraction of sp³-hybridized carbons (Fsp3) is 0.182. The average Bonchev–Trinajstić information content (AvgIpc) is 3.10. The van der Waals surface area contributed by atoms with Gasteiger partial charge in [-0.1, -0.05) is 23.2 Å². The molecule has 0 radical (unpaired) electrons. The standard InChI is InChI=1S/C22H18Cl2N2O4/c1-4-30-22(27)21-15(20-16(24)9-14(23)10-17(20)26-21)7-13(11-25)12-5-6-18(28-2)19(8-12)29-3/h5-10,26H,4H2,1-3H3/b13-7+. The smallest absolute Gasteiger partial charge is 0.355 e. The van der Waals surface area contributed by atoms with Gasteiger partial charge in [-0.25, -0.2) is 4.79 Å². The molecule has 0 unspecified atom stereocenters. The number of allylic oxidation sites excluding steroid dienone is 1. The summed E-state index contributed by atoms with van der Waals surface area (Å²) in [4.78, 5) is 15.6. The summed E-state index contributed by atoms with van der Waals surface area (Å²) in [5.74, 6) is 0.456. The Hall–Kier alpha value is -3.14. The highest BCUT2D eigenvalue weighted by Crippen LogP contribution is 2.36. The molecule has 6 nitrogen and oxygen atoms in total. The number of esters is 1. The van der Waals surface area contributed by atoms with Gasteiger partial charge in [0, 0.05) is 21.5 Å². The molecule has 0 spiro atoms. The summed E-state index contributed by atoms with van der Waals surface area (Å²) in [7, 11) is 3.04. The molecule has 2 aromatic carbocycles. The number of nitrogens with zero attached hydrogens (tertiary/aromatic N) is 1. The van der Waals surface area contributed by atoms with E-state index in [1.54, 1.807) is 43.3 Å². The highest BCUT2D eigenvalue weighted by atomic mass is 35.5. The number of ether oxygens (including phenoxy) is 3. The summed E-state index contributed by atoms with van der Waals surface area (Å²) in [6, 6.07) is 10.5. The number of H-pyrrole nitrogens is 1. The van der Waals surface area contributed by atoms with Crippen molar-refractivity contribution < 1.29 is 19.0 Å².